The molecule has 2 aromatic heterocycles. The summed E-state index contributed by atoms with van der Waals surface area (Å²) in [5, 5.41) is 0.475. The molecule has 0 bridgehead atoms. The van der Waals surface area contributed by atoms with E-state index >= 15 is 0 Å². The molecule has 0 N–H and O–H groups in total. The van der Waals surface area contributed by atoms with Crippen LogP contribution in [0.4, 0.5) is 0 Å². The summed E-state index contributed by atoms with van der Waals surface area (Å²) in [4.78, 5) is 33.5. The summed E-state index contributed by atoms with van der Waals surface area (Å²) in [5.41, 5.74) is 3.96. The number of carbonyl (C=O) groups is 1. The number of aryl methyl sites for hydroxylation is 2. The molecule has 0 spiro atoms. The summed E-state index contributed by atoms with van der Waals surface area (Å²) in [5.74, 6) is 0.934. The SMILES string of the molecule is CCOc1ccc(C2c3c(oc4c(C)cc(C)cc4c3=O)C(=O)N2Cc2cccnc2)cc1OCC. The molecule has 4 aromatic rings. The third-order valence-corrected chi connectivity index (χ3v) is 6.36. The fraction of sp³-hybridized carbons (Fsp3) is 0.276. The lowest BCUT2D eigenvalue weighted by molar-refractivity contribution is 0.0714. The third kappa shape index (κ3) is 4.00. The summed E-state index contributed by atoms with van der Waals surface area (Å²) in [6.07, 6.45) is 3.40. The number of pyridine rings is 1. The summed E-state index contributed by atoms with van der Waals surface area (Å²) >= 11 is 0. The fourth-order valence-corrected chi connectivity index (χ4v) is 4.91. The van der Waals surface area contributed by atoms with Gasteiger partial charge < -0.3 is 18.8 Å². The molecule has 184 valence electrons. The van der Waals surface area contributed by atoms with Crippen molar-refractivity contribution in [1.82, 2.24) is 9.88 Å². The third-order valence-electron chi connectivity index (χ3n) is 6.36. The van der Waals surface area contributed by atoms with Crippen LogP contribution in [0.15, 0.2) is 64.1 Å². The van der Waals surface area contributed by atoms with Gasteiger partial charge in [0.25, 0.3) is 5.91 Å². The monoisotopic (exact) mass is 484 g/mol. The molecule has 1 amide bonds. The summed E-state index contributed by atoms with van der Waals surface area (Å²) in [7, 11) is 0. The Morgan fingerprint density at radius 3 is 2.50 bits per heavy atom. The van der Waals surface area contributed by atoms with Gasteiger partial charge in [-0.25, -0.2) is 0 Å². The summed E-state index contributed by atoms with van der Waals surface area (Å²) in [6.45, 7) is 8.85. The molecular formula is C29H28N2O5. The second kappa shape index (κ2) is 9.49. The van der Waals surface area contributed by atoms with Crippen LogP contribution in [-0.2, 0) is 6.54 Å². The number of ether oxygens (including phenoxy) is 2. The van der Waals surface area contributed by atoms with E-state index < -0.39 is 6.04 Å². The lowest BCUT2D eigenvalue weighted by atomic mass is 9.97. The highest BCUT2D eigenvalue weighted by Crippen LogP contribution is 2.42. The smallest absolute Gasteiger partial charge is 0.291 e. The topological polar surface area (TPSA) is 81.9 Å². The van der Waals surface area contributed by atoms with E-state index in [0.29, 0.717) is 41.2 Å². The van der Waals surface area contributed by atoms with Gasteiger partial charge in [-0.15, -0.1) is 0 Å². The molecule has 36 heavy (non-hydrogen) atoms. The number of hydrogen-bond acceptors (Lipinski definition) is 6. The molecule has 7 heteroatoms. The van der Waals surface area contributed by atoms with Crippen molar-refractivity contribution < 1.29 is 18.7 Å². The van der Waals surface area contributed by atoms with Crippen LogP contribution in [0.5, 0.6) is 11.5 Å². The molecule has 1 aliphatic heterocycles. The first kappa shape index (κ1) is 23.6. The van der Waals surface area contributed by atoms with Crippen LogP contribution in [0.25, 0.3) is 11.0 Å². The van der Waals surface area contributed by atoms with Crippen LogP contribution in [0.3, 0.4) is 0 Å². The average molecular weight is 485 g/mol. The van der Waals surface area contributed by atoms with Gasteiger partial charge in [0.1, 0.15) is 5.58 Å². The molecule has 5 rings (SSSR count). The van der Waals surface area contributed by atoms with Crippen LogP contribution in [0, 0.1) is 13.8 Å². The Morgan fingerprint density at radius 2 is 1.78 bits per heavy atom. The summed E-state index contributed by atoms with van der Waals surface area (Å²) in [6, 6.07) is 12.4. The number of nitrogens with zero attached hydrogens (tertiary/aromatic N) is 2. The predicted molar refractivity (Wildman–Crippen MR) is 137 cm³/mol. The number of carbonyl (C=O) groups excluding carboxylic acids is 1. The molecule has 2 aromatic carbocycles. The highest BCUT2D eigenvalue weighted by Gasteiger charge is 2.43. The van der Waals surface area contributed by atoms with E-state index in [0.717, 1.165) is 22.3 Å². The van der Waals surface area contributed by atoms with Gasteiger partial charge in [-0.3, -0.25) is 14.6 Å². The van der Waals surface area contributed by atoms with Crippen LogP contribution >= 0.6 is 0 Å². The van der Waals surface area contributed by atoms with E-state index in [1.54, 1.807) is 17.3 Å². The van der Waals surface area contributed by atoms with Gasteiger partial charge in [0, 0.05) is 18.9 Å². The first-order valence-electron chi connectivity index (χ1n) is 12.1. The van der Waals surface area contributed by atoms with Crippen molar-refractivity contribution in [3.63, 3.8) is 0 Å². The Morgan fingerprint density at radius 1 is 1.00 bits per heavy atom. The van der Waals surface area contributed by atoms with E-state index in [2.05, 4.69) is 4.98 Å². The molecule has 1 unspecified atom stereocenters. The van der Waals surface area contributed by atoms with E-state index in [1.807, 2.05) is 70.2 Å². The van der Waals surface area contributed by atoms with Gasteiger partial charge in [-0.2, -0.15) is 0 Å². The highest BCUT2D eigenvalue weighted by atomic mass is 16.5. The fourth-order valence-electron chi connectivity index (χ4n) is 4.91. The first-order valence-corrected chi connectivity index (χ1v) is 12.1. The van der Waals surface area contributed by atoms with Gasteiger partial charge in [-0.05, 0) is 74.2 Å². The van der Waals surface area contributed by atoms with Crippen LogP contribution in [0.2, 0.25) is 0 Å². The Labute approximate surface area is 209 Å². The minimum absolute atomic E-state index is 0.0835. The van der Waals surface area contributed by atoms with Gasteiger partial charge in [-0.1, -0.05) is 18.2 Å². The second-order valence-corrected chi connectivity index (χ2v) is 8.90. The zero-order chi connectivity index (χ0) is 25.4. The molecule has 3 heterocycles. The molecule has 0 saturated heterocycles. The van der Waals surface area contributed by atoms with Crippen molar-refractivity contribution >= 4 is 16.9 Å². The molecule has 7 nitrogen and oxygen atoms in total. The minimum atomic E-state index is -0.649. The molecule has 0 fully saturated rings. The van der Waals surface area contributed by atoms with Crippen molar-refractivity contribution in [2.75, 3.05) is 13.2 Å². The zero-order valence-corrected chi connectivity index (χ0v) is 20.8. The number of benzene rings is 2. The van der Waals surface area contributed by atoms with Crippen molar-refractivity contribution in [2.24, 2.45) is 0 Å². The number of hydrogen-bond donors (Lipinski definition) is 0. The Hall–Kier alpha value is -4.13. The van der Waals surface area contributed by atoms with E-state index in [1.165, 1.54) is 0 Å². The standard InChI is InChI=1S/C29H28N2O5/c1-5-34-22-10-9-20(14-23(22)35-6-2)25-24-26(32)21-13-17(3)12-18(4)27(21)36-28(24)29(33)31(25)16-19-8-7-11-30-15-19/h7-15,25H,5-6,16H2,1-4H3. The maximum atomic E-state index is 13.9. The number of fused-ring (bicyclic) bond motifs is 2. The lowest BCUT2D eigenvalue weighted by Gasteiger charge is -2.26. The van der Waals surface area contributed by atoms with Crippen molar-refractivity contribution in [3.05, 3.63) is 98.7 Å². The quantitative estimate of drug-likeness (QED) is 0.352. The molecular weight excluding hydrogens is 456 g/mol. The predicted octanol–water partition coefficient (Wildman–Crippen LogP) is 5.35. The molecule has 0 saturated carbocycles. The van der Waals surface area contributed by atoms with Crippen LogP contribution in [-0.4, -0.2) is 29.0 Å². The largest absolute Gasteiger partial charge is 0.490 e. The van der Waals surface area contributed by atoms with E-state index in [-0.39, 0.29) is 23.6 Å². The maximum absolute atomic E-state index is 13.9. The number of rotatable bonds is 7. The first-order chi connectivity index (χ1) is 17.4. The summed E-state index contributed by atoms with van der Waals surface area (Å²) < 4.78 is 17.8. The van der Waals surface area contributed by atoms with Gasteiger partial charge in [0.2, 0.25) is 5.76 Å². The Balaban J connectivity index is 1.74. The zero-order valence-electron chi connectivity index (χ0n) is 20.8. The Bertz CT molecular complexity index is 1510. The minimum Gasteiger partial charge on any atom is -0.490 e. The van der Waals surface area contributed by atoms with Crippen LogP contribution in [0.1, 0.15) is 58.3 Å². The lowest BCUT2D eigenvalue weighted by Crippen LogP contribution is -2.29. The van der Waals surface area contributed by atoms with E-state index in [9.17, 15) is 9.59 Å². The molecule has 1 aliphatic rings. The number of aromatic nitrogens is 1. The Kier molecular flexibility index (Phi) is 6.22. The number of amides is 1. The average Bonchev–Trinajstić information content (AvgIpc) is 3.13. The highest BCUT2D eigenvalue weighted by molar-refractivity contribution is 5.99. The second-order valence-electron chi connectivity index (χ2n) is 8.90. The molecule has 0 radical (unpaired) electrons. The molecule has 0 aliphatic carbocycles. The van der Waals surface area contributed by atoms with Crippen molar-refractivity contribution in [1.29, 1.82) is 0 Å². The molecule has 1 atom stereocenters. The van der Waals surface area contributed by atoms with Crippen LogP contribution < -0.4 is 14.9 Å². The van der Waals surface area contributed by atoms with Crippen molar-refractivity contribution in [3.8, 4) is 11.5 Å². The maximum Gasteiger partial charge on any atom is 0.291 e. The van der Waals surface area contributed by atoms with E-state index in [4.69, 9.17) is 13.9 Å². The van der Waals surface area contributed by atoms with Crippen molar-refractivity contribution in [2.45, 2.75) is 40.3 Å². The van der Waals surface area contributed by atoms with Gasteiger partial charge in [0.15, 0.2) is 16.9 Å². The normalized spacial score (nSPS) is 14.8. The van der Waals surface area contributed by atoms with Gasteiger partial charge >= 0.3 is 0 Å². The van der Waals surface area contributed by atoms with Gasteiger partial charge in [0.05, 0.1) is 30.2 Å².